The van der Waals surface area contributed by atoms with E-state index < -0.39 is 0 Å². The molecule has 0 radical (unpaired) electrons. The van der Waals surface area contributed by atoms with Gasteiger partial charge in [-0.3, -0.25) is 4.90 Å². The largest absolute Gasteiger partial charge is 0.364 e. The van der Waals surface area contributed by atoms with E-state index in [0.29, 0.717) is 12.6 Å². The Kier molecular flexibility index (Phi) is 11.0. The molecule has 1 aromatic heterocycles. The van der Waals surface area contributed by atoms with Gasteiger partial charge < -0.3 is 15.2 Å². The van der Waals surface area contributed by atoms with Crippen molar-refractivity contribution in [1.29, 1.82) is 0 Å². The molecule has 0 amide bonds. The van der Waals surface area contributed by atoms with Crippen LogP contribution >= 0.6 is 24.0 Å². The van der Waals surface area contributed by atoms with Gasteiger partial charge in [-0.1, -0.05) is 35.5 Å². The van der Waals surface area contributed by atoms with Gasteiger partial charge >= 0.3 is 0 Å². The second-order valence-electron chi connectivity index (χ2n) is 6.15. The van der Waals surface area contributed by atoms with Crippen LogP contribution in [0, 0.1) is 0 Å². The van der Waals surface area contributed by atoms with Crippen molar-refractivity contribution >= 4 is 29.9 Å². The molecule has 0 saturated carbocycles. The number of nitrogens with zero attached hydrogens (tertiary/aromatic N) is 3. The first-order valence-corrected chi connectivity index (χ1v) is 8.84. The average Bonchev–Trinajstić information content (AvgIpc) is 3.14. The maximum atomic E-state index is 4.83. The summed E-state index contributed by atoms with van der Waals surface area (Å²) in [6, 6.07) is 12.9. The molecule has 7 heteroatoms. The van der Waals surface area contributed by atoms with Crippen LogP contribution in [0.3, 0.4) is 0 Å². The quantitative estimate of drug-likeness (QED) is 0.334. The molecule has 0 aliphatic heterocycles. The highest BCUT2D eigenvalue weighted by atomic mass is 127. The average molecular weight is 471 g/mol. The molecule has 0 aliphatic rings. The third-order valence-corrected chi connectivity index (χ3v) is 4.12. The van der Waals surface area contributed by atoms with E-state index in [1.54, 1.807) is 6.26 Å². The summed E-state index contributed by atoms with van der Waals surface area (Å²) < 4.78 is 4.83. The van der Waals surface area contributed by atoms with Crippen LogP contribution in [-0.4, -0.2) is 42.2 Å². The molecule has 1 atom stereocenters. The summed E-state index contributed by atoms with van der Waals surface area (Å²) in [4.78, 5) is 6.90. The molecule has 0 saturated heterocycles. The monoisotopic (exact) mass is 471 g/mol. The van der Waals surface area contributed by atoms with Crippen LogP contribution < -0.4 is 10.6 Å². The Bertz CT molecular complexity index is 618. The molecule has 0 spiro atoms. The molecule has 0 fully saturated rings. The lowest BCUT2D eigenvalue weighted by Crippen LogP contribution is -2.40. The van der Waals surface area contributed by atoms with Gasteiger partial charge in [0.2, 0.25) is 0 Å². The van der Waals surface area contributed by atoms with Crippen LogP contribution in [0.5, 0.6) is 0 Å². The van der Waals surface area contributed by atoms with Crippen molar-refractivity contribution in [2.24, 2.45) is 4.99 Å². The summed E-state index contributed by atoms with van der Waals surface area (Å²) in [7, 11) is 2.17. The molecular formula is C19H30IN5O. The molecule has 1 heterocycles. The van der Waals surface area contributed by atoms with Gasteiger partial charge in [0.05, 0.1) is 6.54 Å². The summed E-state index contributed by atoms with van der Waals surface area (Å²) in [5, 5.41) is 10.5. The molecule has 2 aromatic rings. The fraction of sp³-hybridized carbons (Fsp3) is 0.474. The Morgan fingerprint density at radius 1 is 1.23 bits per heavy atom. The maximum Gasteiger partial charge on any atom is 0.191 e. The first kappa shape index (κ1) is 22.4. The number of hydrogen-bond acceptors (Lipinski definition) is 4. The van der Waals surface area contributed by atoms with Crippen LogP contribution in [0.2, 0.25) is 0 Å². The van der Waals surface area contributed by atoms with Crippen LogP contribution in [0.1, 0.15) is 31.5 Å². The maximum absolute atomic E-state index is 4.83. The minimum atomic E-state index is 0. The molecular weight excluding hydrogens is 441 g/mol. The van der Waals surface area contributed by atoms with Crippen molar-refractivity contribution in [3.05, 3.63) is 53.9 Å². The molecule has 2 rings (SSSR count). The molecule has 1 aromatic carbocycles. The smallest absolute Gasteiger partial charge is 0.191 e. The standard InChI is InChI=1S/C19H29N5O.HI/c1-4-20-19(22-14-18-11-13-25-23-18)21-12-10-16(2)24(3)15-17-8-6-5-7-9-17;/h5-9,11,13,16H,4,10,12,14-15H2,1-3H3,(H2,20,21,22);1H. The second kappa shape index (κ2) is 12.7. The third kappa shape index (κ3) is 8.18. The number of guanidine groups is 1. The number of nitrogens with one attached hydrogen (secondary N) is 2. The highest BCUT2D eigenvalue weighted by Gasteiger charge is 2.09. The van der Waals surface area contributed by atoms with Gasteiger partial charge in [0.25, 0.3) is 0 Å². The van der Waals surface area contributed by atoms with Crippen molar-refractivity contribution in [3.63, 3.8) is 0 Å². The van der Waals surface area contributed by atoms with E-state index in [2.05, 4.69) is 76.9 Å². The molecule has 0 bridgehead atoms. The van der Waals surface area contributed by atoms with Crippen molar-refractivity contribution in [2.45, 2.75) is 39.4 Å². The van der Waals surface area contributed by atoms with E-state index in [9.17, 15) is 0 Å². The van der Waals surface area contributed by atoms with Gasteiger partial charge in [-0.25, -0.2) is 4.99 Å². The van der Waals surface area contributed by atoms with Crippen molar-refractivity contribution in [3.8, 4) is 0 Å². The Morgan fingerprint density at radius 2 is 2.00 bits per heavy atom. The van der Waals surface area contributed by atoms with Gasteiger partial charge in [-0.15, -0.1) is 24.0 Å². The van der Waals surface area contributed by atoms with Crippen molar-refractivity contribution < 1.29 is 4.52 Å². The summed E-state index contributed by atoms with van der Waals surface area (Å²) in [5.74, 6) is 0.809. The predicted molar refractivity (Wildman–Crippen MR) is 117 cm³/mol. The van der Waals surface area contributed by atoms with Crippen molar-refractivity contribution in [2.75, 3.05) is 20.1 Å². The van der Waals surface area contributed by atoms with Gasteiger partial charge in [0.1, 0.15) is 12.0 Å². The van der Waals surface area contributed by atoms with Crippen LogP contribution in [-0.2, 0) is 13.1 Å². The van der Waals surface area contributed by atoms with Gasteiger partial charge in [-0.05, 0) is 32.9 Å². The normalized spacial score (nSPS) is 12.5. The minimum Gasteiger partial charge on any atom is -0.364 e. The minimum absolute atomic E-state index is 0. The second-order valence-corrected chi connectivity index (χ2v) is 6.15. The number of aromatic nitrogens is 1. The van der Waals surface area contributed by atoms with Crippen LogP contribution in [0.25, 0.3) is 0 Å². The Balaban J connectivity index is 0.00000338. The summed E-state index contributed by atoms with van der Waals surface area (Å²) in [6.45, 7) is 7.48. The summed E-state index contributed by atoms with van der Waals surface area (Å²) in [6.07, 6.45) is 2.60. The molecule has 6 nitrogen and oxygen atoms in total. The highest BCUT2D eigenvalue weighted by molar-refractivity contribution is 14.0. The van der Waals surface area contributed by atoms with E-state index in [1.165, 1.54) is 5.56 Å². The number of benzene rings is 1. The van der Waals surface area contributed by atoms with E-state index in [1.807, 2.05) is 6.07 Å². The number of hydrogen-bond donors (Lipinski definition) is 2. The topological polar surface area (TPSA) is 65.7 Å². The Labute approximate surface area is 173 Å². The lowest BCUT2D eigenvalue weighted by atomic mass is 10.1. The molecule has 2 N–H and O–H groups in total. The van der Waals surface area contributed by atoms with E-state index in [0.717, 1.165) is 37.7 Å². The van der Waals surface area contributed by atoms with Gasteiger partial charge in [-0.2, -0.15) is 0 Å². The molecule has 144 valence electrons. The lowest BCUT2D eigenvalue weighted by molar-refractivity contribution is 0.238. The number of halogens is 1. The van der Waals surface area contributed by atoms with E-state index in [4.69, 9.17) is 4.52 Å². The first-order valence-electron chi connectivity index (χ1n) is 8.84. The van der Waals surface area contributed by atoms with Crippen molar-refractivity contribution in [1.82, 2.24) is 20.7 Å². The number of rotatable bonds is 9. The summed E-state index contributed by atoms with van der Waals surface area (Å²) in [5.41, 5.74) is 2.17. The van der Waals surface area contributed by atoms with Crippen LogP contribution in [0.4, 0.5) is 0 Å². The molecule has 0 aliphatic carbocycles. The van der Waals surface area contributed by atoms with E-state index in [-0.39, 0.29) is 24.0 Å². The molecule has 26 heavy (non-hydrogen) atoms. The zero-order chi connectivity index (χ0) is 17.9. The third-order valence-electron chi connectivity index (χ3n) is 4.12. The SMILES string of the molecule is CCNC(=NCc1ccon1)NCCC(C)N(C)Cc1ccccc1.I. The van der Waals surface area contributed by atoms with Crippen LogP contribution in [0.15, 0.2) is 52.2 Å². The fourth-order valence-electron chi connectivity index (χ4n) is 2.47. The zero-order valence-corrected chi connectivity index (χ0v) is 18.1. The fourth-order valence-corrected chi connectivity index (χ4v) is 2.47. The number of aliphatic imine (C=N–C) groups is 1. The Morgan fingerprint density at radius 3 is 2.65 bits per heavy atom. The Hall–Kier alpha value is -1.61. The summed E-state index contributed by atoms with van der Waals surface area (Å²) >= 11 is 0. The first-order chi connectivity index (χ1) is 12.2. The van der Waals surface area contributed by atoms with Gasteiger partial charge in [0, 0.05) is 31.7 Å². The zero-order valence-electron chi connectivity index (χ0n) is 15.8. The van der Waals surface area contributed by atoms with Gasteiger partial charge in [0.15, 0.2) is 5.96 Å². The predicted octanol–water partition coefficient (Wildman–Crippen LogP) is 3.26. The lowest BCUT2D eigenvalue weighted by Gasteiger charge is -2.25. The highest BCUT2D eigenvalue weighted by Crippen LogP contribution is 2.07. The van der Waals surface area contributed by atoms with E-state index >= 15 is 0 Å². The molecule has 1 unspecified atom stereocenters.